The summed E-state index contributed by atoms with van der Waals surface area (Å²) in [5.74, 6) is -1.08. The Hall–Kier alpha value is -3.42. The highest BCUT2D eigenvalue weighted by Gasteiger charge is 2.35. The number of nitro groups is 1. The highest BCUT2D eigenvalue weighted by atomic mass is 16.6. The number of nitrogens with one attached hydrogen (secondary N) is 1. The number of hydrogen-bond acceptors (Lipinski definition) is 6. The summed E-state index contributed by atoms with van der Waals surface area (Å²) in [7, 11) is 0. The minimum atomic E-state index is -1.02. The maximum Gasteiger partial charge on any atom is 0.339 e. The monoisotopic (exact) mass is 409 g/mol. The zero-order valence-corrected chi connectivity index (χ0v) is 16.8. The second kappa shape index (κ2) is 7.78. The summed E-state index contributed by atoms with van der Waals surface area (Å²) >= 11 is 0. The Morgan fingerprint density at radius 2 is 1.97 bits per heavy atom. The van der Waals surface area contributed by atoms with Gasteiger partial charge in [-0.05, 0) is 56.9 Å². The summed E-state index contributed by atoms with van der Waals surface area (Å²) in [6, 6.07) is 12.0. The van der Waals surface area contributed by atoms with Gasteiger partial charge in [0.25, 0.3) is 11.6 Å². The van der Waals surface area contributed by atoms with Crippen LogP contribution in [-0.2, 0) is 16.0 Å². The van der Waals surface area contributed by atoms with Crippen molar-refractivity contribution in [2.45, 2.75) is 51.3 Å². The van der Waals surface area contributed by atoms with Gasteiger partial charge >= 0.3 is 5.97 Å². The Morgan fingerprint density at radius 1 is 1.23 bits per heavy atom. The maximum absolute atomic E-state index is 13.0. The molecule has 1 amide bonds. The Kier molecular flexibility index (Phi) is 5.15. The van der Waals surface area contributed by atoms with E-state index in [-0.39, 0.29) is 29.2 Å². The molecule has 0 saturated heterocycles. The largest absolute Gasteiger partial charge is 0.449 e. The van der Waals surface area contributed by atoms with E-state index in [1.807, 2.05) is 31.2 Å². The van der Waals surface area contributed by atoms with Crippen LogP contribution in [0.3, 0.4) is 0 Å². The minimum Gasteiger partial charge on any atom is -0.449 e. The molecule has 1 aliphatic carbocycles. The van der Waals surface area contributed by atoms with Gasteiger partial charge in [-0.15, -0.1) is 0 Å². The first-order chi connectivity index (χ1) is 14.3. The van der Waals surface area contributed by atoms with Crippen LogP contribution >= 0.6 is 0 Å². The number of nitrogens with zero attached hydrogens (tertiary/aromatic N) is 2. The predicted molar refractivity (Wildman–Crippen MR) is 112 cm³/mol. The number of benzene rings is 2. The van der Waals surface area contributed by atoms with Crippen LogP contribution in [0.2, 0.25) is 0 Å². The van der Waals surface area contributed by atoms with Gasteiger partial charge in [0.2, 0.25) is 0 Å². The van der Waals surface area contributed by atoms with E-state index in [1.165, 1.54) is 25.1 Å². The number of carbonyl (C=O) groups is 2. The van der Waals surface area contributed by atoms with Gasteiger partial charge in [0.05, 0.1) is 10.5 Å². The third kappa shape index (κ3) is 3.85. The van der Waals surface area contributed by atoms with Gasteiger partial charge < -0.3 is 15.0 Å². The molecule has 0 spiro atoms. The van der Waals surface area contributed by atoms with E-state index in [1.54, 1.807) is 4.90 Å². The Balaban J connectivity index is 1.49. The molecule has 0 unspecified atom stereocenters. The van der Waals surface area contributed by atoms with Crippen LogP contribution in [0.5, 0.6) is 0 Å². The van der Waals surface area contributed by atoms with Gasteiger partial charge in [0.15, 0.2) is 6.10 Å². The average molecular weight is 409 g/mol. The molecule has 8 heteroatoms. The minimum absolute atomic E-state index is 0.0371. The lowest BCUT2D eigenvalue weighted by molar-refractivity contribution is -0.384. The zero-order valence-electron chi connectivity index (χ0n) is 16.8. The van der Waals surface area contributed by atoms with Crippen LogP contribution in [0.1, 0.15) is 42.6 Å². The normalized spacial score (nSPS) is 18.5. The molecule has 1 aliphatic heterocycles. The van der Waals surface area contributed by atoms with E-state index in [9.17, 15) is 19.7 Å². The lowest BCUT2D eigenvalue weighted by Crippen LogP contribution is -2.43. The number of hydrogen-bond donors (Lipinski definition) is 1. The number of esters is 1. The molecule has 2 aliphatic rings. The van der Waals surface area contributed by atoms with Gasteiger partial charge in [-0.1, -0.05) is 18.2 Å². The molecule has 8 nitrogen and oxygen atoms in total. The summed E-state index contributed by atoms with van der Waals surface area (Å²) < 4.78 is 5.37. The number of ether oxygens (including phenoxy) is 1. The smallest absolute Gasteiger partial charge is 0.339 e. The van der Waals surface area contributed by atoms with E-state index >= 15 is 0 Å². The molecule has 2 atom stereocenters. The summed E-state index contributed by atoms with van der Waals surface area (Å²) in [5.41, 5.74) is 2.14. The van der Waals surface area contributed by atoms with Crippen LogP contribution < -0.4 is 10.2 Å². The fraction of sp³-hybridized carbons (Fsp3) is 0.364. The summed E-state index contributed by atoms with van der Waals surface area (Å²) in [4.78, 5) is 38.1. The molecule has 0 bridgehead atoms. The van der Waals surface area contributed by atoms with Gasteiger partial charge in [-0.2, -0.15) is 0 Å². The standard InChI is InChI=1S/C22H23N3O5/c1-13-11-15-5-3-4-6-19(15)24(13)21(26)14(2)30-22(27)16-7-10-18(23-17-8-9-17)20(12-16)25(28)29/h3-7,10,12-14,17,23H,8-9,11H2,1-2H3/t13-,14+/m1/s1. The van der Waals surface area contributed by atoms with Gasteiger partial charge in [0, 0.05) is 23.8 Å². The van der Waals surface area contributed by atoms with Crippen LogP contribution in [0.25, 0.3) is 0 Å². The quantitative estimate of drug-likeness (QED) is 0.443. The third-order valence-corrected chi connectivity index (χ3v) is 5.44. The lowest BCUT2D eigenvalue weighted by Gasteiger charge is -2.26. The molecule has 156 valence electrons. The molecule has 2 aromatic rings. The van der Waals surface area contributed by atoms with E-state index < -0.39 is 17.0 Å². The van der Waals surface area contributed by atoms with Crippen molar-refractivity contribution in [3.63, 3.8) is 0 Å². The SMILES string of the molecule is C[C@H](OC(=O)c1ccc(NC2CC2)c([N+](=O)[O-])c1)C(=O)N1c2ccccc2C[C@H]1C. The van der Waals surface area contributed by atoms with Crippen LogP contribution in [0, 0.1) is 10.1 Å². The van der Waals surface area contributed by atoms with Gasteiger partial charge in [0.1, 0.15) is 5.69 Å². The first kappa shape index (κ1) is 19.9. The topological polar surface area (TPSA) is 102 Å². The number of fused-ring (bicyclic) bond motifs is 1. The third-order valence-electron chi connectivity index (χ3n) is 5.44. The number of nitro benzene ring substituents is 1. The molecule has 1 saturated carbocycles. The van der Waals surface area contributed by atoms with E-state index in [2.05, 4.69) is 5.32 Å². The first-order valence-corrected chi connectivity index (χ1v) is 10.0. The molecule has 1 N–H and O–H groups in total. The van der Waals surface area contributed by atoms with Crippen molar-refractivity contribution in [3.05, 3.63) is 63.7 Å². The molecule has 1 fully saturated rings. The number of amides is 1. The van der Waals surface area contributed by atoms with E-state index in [4.69, 9.17) is 4.74 Å². The van der Waals surface area contributed by atoms with Crippen molar-refractivity contribution in [3.8, 4) is 0 Å². The van der Waals surface area contributed by atoms with Crippen molar-refractivity contribution in [2.75, 3.05) is 10.2 Å². The van der Waals surface area contributed by atoms with Crippen molar-refractivity contribution in [1.29, 1.82) is 0 Å². The molecule has 4 rings (SSSR count). The average Bonchev–Trinajstić information content (AvgIpc) is 3.46. The Bertz CT molecular complexity index is 1020. The Labute approximate surface area is 174 Å². The second-order valence-corrected chi connectivity index (χ2v) is 7.85. The van der Waals surface area contributed by atoms with Crippen molar-refractivity contribution < 1.29 is 19.2 Å². The van der Waals surface area contributed by atoms with Gasteiger partial charge in [-0.3, -0.25) is 14.9 Å². The highest BCUT2D eigenvalue weighted by molar-refractivity contribution is 6.01. The molecular formula is C22H23N3O5. The first-order valence-electron chi connectivity index (χ1n) is 10.0. The Morgan fingerprint density at radius 3 is 2.67 bits per heavy atom. The van der Waals surface area contributed by atoms with Crippen LogP contribution in [0.15, 0.2) is 42.5 Å². The summed E-state index contributed by atoms with van der Waals surface area (Å²) in [6.45, 7) is 3.46. The van der Waals surface area contributed by atoms with Crippen LogP contribution in [0.4, 0.5) is 17.1 Å². The highest BCUT2D eigenvalue weighted by Crippen LogP contribution is 2.33. The number of anilines is 2. The fourth-order valence-electron chi connectivity index (χ4n) is 3.76. The predicted octanol–water partition coefficient (Wildman–Crippen LogP) is 3.69. The zero-order chi connectivity index (χ0) is 21.4. The molecule has 2 aromatic carbocycles. The molecular weight excluding hydrogens is 386 g/mol. The number of carbonyl (C=O) groups excluding carboxylic acids is 2. The molecule has 0 aromatic heterocycles. The summed E-state index contributed by atoms with van der Waals surface area (Å²) in [6.07, 6.45) is 1.66. The van der Waals surface area contributed by atoms with Crippen molar-refractivity contribution in [2.24, 2.45) is 0 Å². The molecule has 30 heavy (non-hydrogen) atoms. The second-order valence-electron chi connectivity index (χ2n) is 7.85. The van der Waals surface area contributed by atoms with E-state index in [0.29, 0.717) is 5.69 Å². The van der Waals surface area contributed by atoms with Crippen molar-refractivity contribution >= 4 is 28.9 Å². The van der Waals surface area contributed by atoms with E-state index in [0.717, 1.165) is 30.5 Å². The maximum atomic E-state index is 13.0. The lowest BCUT2D eigenvalue weighted by atomic mass is 10.1. The summed E-state index contributed by atoms with van der Waals surface area (Å²) in [5, 5.41) is 14.5. The van der Waals surface area contributed by atoms with Crippen LogP contribution in [-0.4, -0.2) is 35.0 Å². The molecule has 0 radical (unpaired) electrons. The fourth-order valence-corrected chi connectivity index (χ4v) is 3.76. The number of para-hydroxylation sites is 1. The number of rotatable bonds is 6. The van der Waals surface area contributed by atoms with Crippen molar-refractivity contribution in [1.82, 2.24) is 0 Å². The van der Waals surface area contributed by atoms with Gasteiger partial charge in [-0.25, -0.2) is 4.79 Å². The molecule has 1 heterocycles.